The minimum Gasteiger partial charge on any atom is -0.497 e. The number of aromatic amines is 1. The number of para-hydroxylation sites is 3. The van der Waals surface area contributed by atoms with Crippen molar-refractivity contribution < 1.29 is 14.3 Å². The van der Waals surface area contributed by atoms with Crippen molar-refractivity contribution in [2.45, 2.75) is 6.04 Å². The van der Waals surface area contributed by atoms with Crippen LogP contribution in [0.5, 0.6) is 11.5 Å². The molecule has 5 rings (SSSR count). The number of carbonyl (C=O) groups is 1. The summed E-state index contributed by atoms with van der Waals surface area (Å²) in [5.41, 5.74) is 9.53. The van der Waals surface area contributed by atoms with E-state index in [-0.39, 0.29) is 5.78 Å². The first-order chi connectivity index (χ1) is 17.1. The largest absolute Gasteiger partial charge is 0.497 e. The molecule has 0 aliphatic heterocycles. The molecule has 0 radical (unpaired) electrons. The van der Waals surface area contributed by atoms with E-state index in [1.54, 1.807) is 19.4 Å². The lowest BCUT2D eigenvalue weighted by molar-refractivity contribution is 0.0967. The van der Waals surface area contributed by atoms with Crippen LogP contribution >= 0.6 is 0 Å². The lowest BCUT2D eigenvalue weighted by atomic mass is 10.0. The Labute approximate surface area is 202 Å². The molecule has 1 unspecified atom stereocenters. The number of methoxy groups -OCH3 is 1. The molecule has 0 aliphatic carbocycles. The van der Waals surface area contributed by atoms with Gasteiger partial charge in [-0.05, 0) is 18.2 Å². The van der Waals surface area contributed by atoms with Crippen LogP contribution in [0.1, 0.15) is 22.2 Å². The molecular weight excluding hydrogens is 442 g/mol. The lowest BCUT2D eigenvalue weighted by Gasteiger charge is -2.20. The second kappa shape index (κ2) is 9.52. The van der Waals surface area contributed by atoms with Crippen LogP contribution in [0.4, 0.5) is 5.69 Å². The molecule has 0 saturated carbocycles. The van der Waals surface area contributed by atoms with E-state index < -0.39 is 6.04 Å². The Kier molecular flexibility index (Phi) is 6.12. The number of aryl methyl sites for hydroxylation is 1. The monoisotopic (exact) mass is 469 g/mol. The average molecular weight is 470 g/mol. The standard InChI is InChI=1S/C27H27N5O3/c1-32-24-10-6-5-9-23(24)31-27(32)25(26(33)21-16-29-22-8-4-3-7-20(21)22)30-17-13-18(34-2)15-19(14-17)35-12-11-28/h3-10,13-16,25,29-30H,11-12,28H2,1-2H3. The number of anilines is 1. The van der Waals surface area contributed by atoms with Crippen LogP contribution in [0.25, 0.3) is 21.9 Å². The van der Waals surface area contributed by atoms with Crippen molar-refractivity contribution >= 4 is 33.4 Å². The molecule has 4 N–H and O–H groups in total. The highest BCUT2D eigenvalue weighted by Crippen LogP contribution is 2.32. The van der Waals surface area contributed by atoms with Crippen LogP contribution in [0.2, 0.25) is 0 Å². The fraction of sp³-hybridized carbons (Fsp3) is 0.185. The van der Waals surface area contributed by atoms with Gasteiger partial charge in [0.05, 0.1) is 18.1 Å². The number of imidazole rings is 1. The predicted octanol–water partition coefficient (Wildman–Crippen LogP) is 4.44. The SMILES string of the molecule is COc1cc(NC(C(=O)c2c[nH]c3ccccc23)c2nc3ccccc3n2C)cc(OCCN)c1. The Balaban J connectivity index is 1.61. The second-order valence-corrected chi connectivity index (χ2v) is 8.24. The zero-order valence-electron chi connectivity index (χ0n) is 19.6. The Morgan fingerprint density at radius 2 is 1.89 bits per heavy atom. The number of Topliss-reactive ketones (excluding diaryl/α,β-unsaturated/α-hetero) is 1. The molecule has 0 amide bonds. The van der Waals surface area contributed by atoms with E-state index >= 15 is 0 Å². The van der Waals surface area contributed by atoms with Crippen molar-refractivity contribution in [3.05, 3.63) is 84.3 Å². The highest BCUT2D eigenvalue weighted by atomic mass is 16.5. The number of carbonyl (C=O) groups excluding carboxylic acids is 1. The minimum absolute atomic E-state index is 0.104. The highest BCUT2D eigenvalue weighted by molar-refractivity contribution is 6.11. The molecule has 1 atom stereocenters. The molecular formula is C27H27N5O3. The summed E-state index contributed by atoms with van der Waals surface area (Å²) in [6.07, 6.45) is 1.76. The van der Waals surface area contributed by atoms with Crippen molar-refractivity contribution in [2.75, 3.05) is 25.6 Å². The zero-order valence-corrected chi connectivity index (χ0v) is 19.6. The first-order valence-corrected chi connectivity index (χ1v) is 11.4. The van der Waals surface area contributed by atoms with Crippen LogP contribution in [-0.2, 0) is 7.05 Å². The number of aromatic nitrogens is 3. The first-order valence-electron chi connectivity index (χ1n) is 11.4. The smallest absolute Gasteiger partial charge is 0.194 e. The van der Waals surface area contributed by atoms with Gasteiger partial charge in [0.25, 0.3) is 0 Å². The summed E-state index contributed by atoms with van der Waals surface area (Å²) in [6, 6.07) is 20.3. The average Bonchev–Trinajstić information content (AvgIpc) is 3.47. The van der Waals surface area contributed by atoms with Gasteiger partial charge in [0, 0.05) is 60.1 Å². The molecule has 0 spiro atoms. The van der Waals surface area contributed by atoms with Crippen LogP contribution in [0.3, 0.4) is 0 Å². The number of fused-ring (bicyclic) bond motifs is 2. The Morgan fingerprint density at radius 3 is 2.69 bits per heavy atom. The molecule has 0 saturated heterocycles. The van der Waals surface area contributed by atoms with Crippen molar-refractivity contribution in [3.63, 3.8) is 0 Å². The molecule has 0 fully saturated rings. The number of H-pyrrole nitrogens is 1. The van der Waals surface area contributed by atoms with E-state index in [9.17, 15) is 4.79 Å². The number of ether oxygens (including phenoxy) is 2. The minimum atomic E-state index is -0.763. The van der Waals surface area contributed by atoms with Crippen molar-refractivity contribution in [3.8, 4) is 11.5 Å². The van der Waals surface area contributed by atoms with E-state index in [1.165, 1.54) is 0 Å². The van der Waals surface area contributed by atoms with E-state index in [0.29, 0.717) is 41.7 Å². The first kappa shape index (κ1) is 22.5. The van der Waals surface area contributed by atoms with Gasteiger partial charge < -0.3 is 30.1 Å². The molecule has 2 aromatic heterocycles. The van der Waals surface area contributed by atoms with Crippen molar-refractivity contribution in [2.24, 2.45) is 12.8 Å². The van der Waals surface area contributed by atoms with E-state index in [1.807, 2.05) is 72.3 Å². The molecule has 2 heterocycles. The summed E-state index contributed by atoms with van der Waals surface area (Å²) in [5, 5.41) is 4.27. The summed E-state index contributed by atoms with van der Waals surface area (Å²) < 4.78 is 13.1. The summed E-state index contributed by atoms with van der Waals surface area (Å²) >= 11 is 0. The summed E-state index contributed by atoms with van der Waals surface area (Å²) in [5.74, 6) is 1.70. The number of nitrogens with two attached hydrogens (primary N) is 1. The third-order valence-electron chi connectivity index (χ3n) is 6.01. The normalized spacial score (nSPS) is 12.1. The van der Waals surface area contributed by atoms with Gasteiger partial charge in [-0.1, -0.05) is 30.3 Å². The van der Waals surface area contributed by atoms with Crippen molar-refractivity contribution in [1.29, 1.82) is 0 Å². The maximum absolute atomic E-state index is 14.1. The quantitative estimate of drug-likeness (QED) is 0.276. The number of rotatable bonds is 9. The molecule has 0 aliphatic rings. The molecule has 5 aromatic rings. The number of hydrogen-bond donors (Lipinski definition) is 3. The number of benzene rings is 3. The summed E-state index contributed by atoms with van der Waals surface area (Å²) in [4.78, 5) is 22.1. The number of nitrogens with zero attached hydrogens (tertiary/aromatic N) is 2. The fourth-order valence-electron chi connectivity index (χ4n) is 4.30. The molecule has 178 valence electrons. The molecule has 3 aromatic carbocycles. The van der Waals surface area contributed by atoms with E-state index in [2.05, 4.69) is 10.3 Å². The Bertz CT molecular complexity index is 1500. The maximum atomic E-state index is 14.1. The predicted molar refractivity (Wildman–Crippen MR) is 137 cm³/mol. The number of hydrogen-bond acceptors (Lipinski definition) is 6. The van der Waals surface area contributed by atoms with Gasteiger partial charge in [0.2, 0.25) is 0 Å². The second-order valence-electron chi connectivity index (χ2n) is 8.24. The third kappa shape index (κ3) is 4.31. The number of ketones is 1. The lowest BCUT2D eigenvalue weighted by Crippen LogP contribution is -2.24. The Hall–Kier alpha value is -4.30. The van der Waals surface area contributed by atoms with E-state index in [4.69, 9.17) is 20.2 Å². The zero-order chi connectivity index (χ0) is 24.4. The van der Waals surface area contributed by atoms with Gasteiger partial charge in [-0.25, -0.2) is 4.98 Å². The molecule has 0 bridgehead atoms. The van der Waals surface area contributed by atoms with Crippen LogP contribution in [-0.4, -0.2) is 40.6 Å². The van der Waals surface area contributed by atoms with Crippen molar-refractivity contribution in [1.82, 2.24) is 14.5 Å². The van der Waals surface area contributed by atoms with Gasteiger partial charge in [-0.15, -0.1) is 0 Å². The Morgan fingerprint density at radius 1 is 1.11 bits per heavy atom. The highest BCUT2D eigenvalue weighted by Gasteiger charge is 2.29. The molecule has 35 heavy (non-hydrogen) atoms. The van der Waals surface area contributed by atoms with Gasteiger partial charge in [0.15, 0.2) is 5.78 Å². The van der Waals surface area contributed by atoms with E-state index in [0.717, 1.165) is 21.9 Å². The molecule has 8 heteroatoms. The topological polar surface area (TPSA) is 107 Å². The summed E-state index contributed by atoms with van der Waals surface area (Å²) in [7, 11) is 3.51. The van der Waals surface area contributed by atoms with Crippen LogP contribution < -0.4 is 20.5 Å². The van der Waals surface area contributed by atoms with Crippen LogP contribution in [0.15, 0.2) is 72.9 Å². The maximum Gasteiger partial charge on any atom is 0.194 e. The summed E-state index contributed by atoms with van der Waals surface area (Å²) in [6.45, 7) is 0.760. The van der Waals surface area contributed by atoms with Gasteiger partial charge in [-0.3, -0.25) is 4.79 Å². The molecule has 8 nitrogen and oxygen atoms in total. The van der Waals surface area contributed by atoms with Crippen LogP contribution in [0, 0.1) is 0 Å². The van der Waals surface area contributed by atoms with Gasteiger partial charge in [0.1, 0.15) is 30.0 Å². The third-order valence-corrected chi connectivity index (χ3v) is 6.01. The van der Waals surface area contributed by atoms with Gasteiger partial charge in [-0.2, -0.15) is 0 Å². The fourth-order valence-corrected chi connectivity index (χ4v) is 4.30. The van der Waals surface area contributed by atoms with Gasteiger partial charge >= 0.3 is 0 Å². The number of nitrogens with one attached hydrogen (secondary N) is 2.